The zero-order chi connectivity index (χ0) is 16.4. The van der Waals surface area contributed by atoms with Crippen LogP contribution in [0, 0.1) is 5.41 Å². The first kappa shape index (κ1) is 15.7. The lowest BCUT2D eigenvalue weighted by Crippen LogP contribution is -2.47. The van der Waals surface area contributed by atoms with Gasteiger partial charge in [0.1, 0.15) is 5.01 Å². The van der Waals surface area contributed by atoms with E-state index in [1.165, 1.54) is 0 Å². The van der Waals surface area contributed by atoms with Crippen LogP contribution in [0.25, 0.3) is 0 Å². The molecule has 2 aromatic rings. The molecule has 1 atom stereocenters. The molecule has 4 heterocycles. The maximum absolute atomic E-state index is 13.1. The molecule has 126 valence electrons. The number of nitrogens with zero attached hydrogens (tertiary/aromatic N) is 4. The Bertz CT molecular complexity index is 690. The highest BCUT2D eigenvalue weighted by Crippen LogP contribution is 2.41. The number of hydrogen-bond donors (Lipinski definition) is 0. The Morgan fingerprint density at radius 2 is 2.00 bits per heavy atom. The maximum atomic E-state index is 13.1. The second kappa shape index (κ2) is 6.61. The number of carbonyl (C=O) groups excluding carboxylic acids is 1. The van der Waals surface area contributed by atoms with Crippen molar-refractivity contribution in [3.05, 3.63) is 46.7 Å². The van der Waals surface area contributed by atoms with E-state index in [-0.39, 0.29) is 5.41 Å². The number of amides is 1. The number of piperidine rings is 1. The molecule has 0 aliphatic carbocycles. The van der Waals surface area contributed by atoms with Crippen molar-refractivity contribution >= 4 is 17.2 Å². The summed E-state index contributed by atoms with van der Waals surface area (Å²) >= 11 is 1.70. The van der Waals surface area contributed by atoms with Crippen LogP contribution in [0.15, 0.2) is 36.1 Å². The first-order chi connectivity index (χ1) is 11.8. The Balaban J connectivity index is 1.44. The Hall–Kier alpha value is -1.79. The normalized spacial score (nSPS) is 24.8. The molecule has 0 radical (unpaired) electrons. The van der Waals surface area contributed by atoms with Gasteiger partial charge in [0.15, 0.2) is 0 Å². The number of likely N-dealkylation sites (tertiary alicyclic amines) is 2. The Labute approximate surface area is 146 Å². The molecule has 2 aliphatic rings. The molecule has 0 aromatic carbocycles. The van der Waals surface area contributed by atoms with Gasteiger partial charge in [0.2, 0.25) is 5.91 Å². The van der Waals surface area contributed by atoms with Gasteiger partial charge in [0.25, 0.3) is 0 Å². The standard InChI is InChI=1S/C18H22N4OS/c23-17-18(5-10-22(17)12-15-2-6-19-7-3-15)4-1-9-21(14-18)13-16-20-8-11-24-16/h2-3,6-8,11H,1,4-5,9-10,12-14H2/t18-/m0/s1. The number of rotatable bonds is 4. The van der Waals surface area contributed by atoms with Gasteiger partial charge in [-0.25, -0.2) is 4.98 Å². The summed E-state index contributed by atoms with van der Waals surface area (Å²) in [5, 5.41) is 3.16. The highest BCUT2D eigenvalue weighted by atomic mass is 32.1. The molecule has 0 unspecified atom stereocenters. The summed E-state index contributed by atoms with van der Waals surface area (Å²) in [4.78, 5) is 26.0. The molecule has 6 heteroatoms. The van der Waals surface area contributed by atoms with Gasteiger partial charge in [-0.05, 0) is 43.5 Å². The van der Waals surface area contributed by atoms with E-state index in [9.17, 15) is 4.79 Å². The lowest BCUT2D eigenvalue weighted by Gasteiger charge is -2.38. The molecule has 1 amide bonds. The molecule has 4 rings (SSSR count). The monoisotopic (exact) mass is 342 g/mol. The third-order valence-corrected chi connectivity index (χ3v) is 5.99. The van der Waals surface area contributed by atoms with Crippen molar-refractivity contribution in [3.8, 4) is 0 Å². The largest absolute Gasteiger partial charge is 0.338 e. The minimum absolute atomic E-state index is 0.178. The second-order valence-electron chi connectivity index (χ2n) is 6.85. The van der Waals surface area contributed by atoms with Crippen molar-refractivity contribution in [2.45, 2.75) is 32.4 Å². The molecule has 5 nitrogen and oxygen atoms in total. The van der Waals surface area contributed by atoms with E-state index in [0.717, 1.165) is 56.0 Å². The quantitative estimate of drug-likeness (QED) is 0.857. The average molecular weight is 342 g/mol. The SMILES string of the molecule is O=C1N(Cc2ccncc2)CC[C@]12CCCN(Cc1nccs1)C2. The third-order valence-electron chi connectivity index (χ3n) is 5.22. The highest BCUT2D eigenvalue weighted by molar-refractivity contribution is 7.09. The van der Waals surface area contributed by atoms with E-state index >= 15 is 0 Å². The molecule has 2 fully saturated rings. The molecule has 0 bridgehead atoms. The maximum Gasteiger partial charge on any atom is 0.230 e. The second-order valence-corrected chi connectivity index (χ2v) is 7.83. The highest BCUT2D eigenvalue weighted by Gasteiger charge is 2.48. The minimum Gasteiger partial charge on any atom is -0.338 e. The van der Waals surface area contributed by atoms with Gasteiger partial charge in [-0.1, -0.05) is 0 Å². The van der Waals surface area contributed by atoms with Crippen LogP contribution in [0.4, 0.5) is 0 Å². The Morgan fingerprint density at radius 3 is 2.79 bits per heavy atom. The van der Waals surface area contributed by atoms with Crippen LogP contribution in [0.3, 0.4) is 0 Å². The average Bonchev–Trinajstić information content (AvgIpc) is 3.21. The fourth-order valence-electron chi connectivity index (χ4n) is 4.02. The topological polar surface area (TPSA) is 49.3 Å². The van der Waals surface area contributed by atoms with Crippen molar-refractivity contribution in [1.29, 1.82) is 0 Å². The van der Waals surface area contributed by atoms with E-state index in [1.54, 1.807) is 23.7 Å². The number of hydrogen-bond acceptors (Lipinski definition) is 5. The molecular formula is C18H22N4OS. The summed E-state index contributed by atoms with van der Waals surface area (Å²) in [6, 6.07) is 3.99. The van der Waals surface area contributed by atoms with Crippen LogP contribution in [0.1, 0.15) is 29.8 Å². The smallest absolute Gasteiger partial charge is 0.230 e. The molecule has 0 N–H and O–H groups in total. The van der Waals surface area contributed by atoms with Crippen LogP contribution in [0.5, 0.6) is 0 Å². The van der Waals surface area contributed by atoms with Crippen molar-refractivity contribution in [2.75, 3.05) is 19.6 Å². The molecule has 2 aliphatic heterocycles. The van der Waals surface area contributed by atoms with Crippen LogP contribution in [-0.2, 0) is 17.9 Å². The fourth-order valence-corrected chi connectivity index (χ4v) is 4.67. The zero-order valence-corrected chi connectivity index (χ0v) is 14.5. The van der Waals surface area contributed by atoms with Crippen molar-refractivity contribution in [3.63, 3.8) is 0 Å². The van der Waals surface area contributed by atoms with Crippen molar-refractivity contribution < 1.29 is 4.79 Å². The van der Waals surface area contributed by atoms with Crippen LogP contribution >= 0.6 is 11.3 Å². The minimum atomic E-state index is -0.178. The van der Waals surface area contributed by atoms with Gasteiger partial charge in [-0.15, -0.1) is 11.3 Å². The summed E-state index contributed by atoms with van der Waals surface area (Å²) in [6.45, 7) is 4.39. The first-order valence-corrected chi connectivity index (χ1v) is 9.42. The molecule has 0 saturated carbocycles. The summed E-state index contributed by atoms with van der Waals surface area (Å²) < 4.78 is 0. The first-order valence-electron chi connectivity index (χ1n) is 8.54. The summed E-state index contributed by atoms with van der Waals surface area (Å²) in [7, 11) is 0. The summed E-state index contributed by atoms with van der Waals surface area (Å²) in [5.74, 6) is 0.336. The fraction of sp³-hybridized carbons (Fsp3) is 0.500. The van der Waals surface area contributed by atoms with E-state index in [0.29, 0.717) is 12.5 Å². The number of pyridine rings is 1. The Kier molecular flexibility index (Phi) is 4.33. The lowest BCUT2D eigenvalue weighted by atomic mass is 9.78. The lowest BCUT2D eigenvalue weighted by molar-refractivity contribution is -0.139. The molecule has 24 heavy (non-hydrogen) atoms. The van der Waals surface area contributed by atoms with E-state index in [2.05, 4.69) is 14.9 Å². The van der Waals surface area contributed by atoms with Gasteiger partial charge in [0, 0.05) is 43.6 Å². The van der Waals surface area contributed by atoms with Gasteiger partial charge in [0.05, 0.1) is 12.0 Å². The number of aromatic nitrogens is 2. The van der Waals surface area contributed by atoms with Gasteiger partial charge in [-0.3, -0.25) is 14.7 Å². The zero-order valence-electron chi connectivity index (χ0n) is 13.7. The molecule has 1 spiro atoms. The molecule has 2 aromatic heterocycles. The van der Waals surface area contributed by atoms with E-state index < -0.39 is 0 Å². The van der Waals surface area contributed by atoms with Crippen molar-refractivity contribution in [1.82, 2.24) is 19.8 Å². The van der Waals surface area contributed by atoms with E-state index in [4.69, 9.17) is 0 Å². The predicted molar refractivity (Wildman–Crippen MR) is 93.3 cm³/mol. The van der Waals surface area contributed by atoms with E-state index in [1.807, 2.05) is 28.6 Å². The van der Waals surface area contributed by atoms with Gasteiger partial charge < -0.3 is 4.90 Å². The van der Waals surface area contributed by atoms with Crippen molar-refractivity contribution in [2.24, 2.45) is 5.41 Å². The van der Waals surface area contributed by atoms with Crippen LogP contribution < -0.4 is 0 Å². The van der Waals surface area contributed by atoms with Gasteiger partial charge in [-0.2, -0.15) is 0 Å². The molecular weight excluding hydrogens is 320 g/mol. The van der Waals surface area contributed by atoms with Gasteiger partial charge >= 0.3 is 0 Å². The van der Waals surface area contributed by atoms with Crippen LogP contribution in [0.2, 0.25) is 0 Å². The number of thiazole rings is 1. The summed E-state index contributed by atoms with van der Waals surface area (Å²) in [5.41, 5.74) is 0.980. The summed E-state index contributed by atoms with van der Waals surface area (Å²) in [6.07, 6.45) is 8.54. The van der Waals surface area contributed by atoms with Crippen LogP contribution in [-0.4, -0.2) is 45.3 Å². The molecule has 2 saturated heterocycles. The number of carbonyl (C=O) groups is 1. The third kappa shape index (κ3) is 3.08. The Morgan fingerprint density at radius 1 is 1.12 bits per heavy atom. The predicted octanol–water partition coefficient (Wildman–Crippen LogP) is 2.55.